The van der Waals surface area contributed by atoms with Crippen molar-refractivity contribution >= 4 is 5.91 Å². The minimum absolute atomic E-state index is 0.0951. The van der Waals surface area contributed by atoms with Crippen LogP contribution in [0.1, 0.15) is 38.9 Å². The first kappa shape index (κ1) is 14.1. The molecule has 0 radical (unpaired) electrons. The van der Waals surface area contributed by atoms with Crippen molar-refractivity contribution in [1.29, 1.82) is 0 Å². The first-order valence-corrected chi connectivity index (χ1v) is 6.98. The maximum Gasteiger partial charge on any atom is 0.252 e. The van der Waals surface area contributed by atoms with Crippen molar-refractivity contribution in [3.63, 3.8) is 0 Å². The normalized spacial score (nSPS) is 19.7. The van der Waals surface area contributed by atoms with Crippen LogP contribution in [-0.4, -0.2) is 39.1 Å². The number of carbonyl (C=O) groups is 1. The first-order valence-electron chi connectivity index (χ1n) is 6.98. The second-order valence-electron chi connectivity index (χ2n) is 5.37. The van der Waals surface area contributed by atoms with Gasteiger partial charge in [0.25, 0.3) is 5.91 Å². The molecule has 5 nitrogen and oxygen atoms in total. The fourth-order valence-corrected chi connectivity index (χ4v) is 2.34. The number of rotatable bonds is 4. The molecule has 1 atom stereocenters. The largest absolute Gasteiger partial charge is 0.368 e. The van der Waals surface area contributed by atoms with Gasteiger partial charge in [-0.25, -0.2) is 4.98 Å². The Labute approximate surface area is 114 Å². The standard InChI is InChI=1S/C14H23N3O2/c1-11(2)17(10-13-15-7-8-16(13)3)14(18)12-6-4-5-9-19-12/h7-8,11-12H,4-6,9-10H2,1-3H3. The summed E-state index contributed by atoms with van der Waals surface area (Å²) in [5, 5.41) is 0. The zero-order valence-corrected chi connectivity index (χ0v) is 12.0. The van der Waals surface area contributed by atoms with E-state index in [1.54, 1.807) is 6.20 Å². The Morgan fingerprint density at radius 2 is 2.37 bits per heavy atom. The number of nitrogens with zero attached hydrogens (tertiary/aromatic N) is 3. The molecule has 1 aliphatic rings. The third-order valence-electron chi connectivity index (χ3n) is 3.59. The van der Waals surface area contributed by atoms with E-state index in [2.05, 4.69) is 4.98 Å². The molecule has 0 aromatic carbocycles. The molecule has 2 rings (SSSR count). The molecule has 0 spiro atoms. The van der Waals surface area contributed by atoms with Crippen LogP contribution in [0.25, 0.3) is 0 Å². The highest BCUT2D eigenvalue weighted by atomic mass is 16.5. The van der Waals surface area contributed by atoms with Gasteiger partial charge in [-0.3, -0.25) is 4.79 Å². The van der Waals surface area contributed by atoms with Gasteiger partial charge < -0.3 is 14.2 Å². The molecule has 0 saturated carbocycles. The van der Waals surface area contributed by atoms with Gasteiger partial charge in [0.15, 0.2) is 0 Å². The smallest absolute Gasteiger partial charge is 0.252 e. The molecule has 5 heteroatoms. The molecule has 19 heavy (non-hydrogen) atoms. The van der Waals surface area contributed by atoms with E-state index in [-0.39, 0.29) is 18.1 Å². The first-order chi connectivity index (χ1) is 9.09. The zero-order chi connectivity index (χ0) is 13.8. The molecule has 0 aliphatic carbocycles. The number of hydrogen-bond acceptors (Lipinski definition) is 3. The van der Waals surface area contributed by atoms with E-state index in [0.717, 1.165) is 25.1 Å². The van der Waals surface area contributed by atoms with Gasteiger partial charge in [-0.15, -0.1) is 0 Å². The molecule has 1 aromatic rings. The number of imidazole rings is 1. The van der Waals surface area contributed by atoms with Crippen LogP contribution >= 0.6 is 0 Å². The van der Waals surface area contributed by atoms with Crippen molar-refractivity contribution in [3.8, 4) is 0 Å². The fraction of sp³-hybridized carbons (Fsp3) is 0.714. The molecule has 1 aromatic heterocycles. The summed E-state index contributed by atoms with van der Waals surface area (Å²) < 4.78 is 7.55. The zero-order valence-electron chi connectivity index (χ0n) is 12.0. The lowest BCUT2D eigenvalue weighted by molar-refractivity contribution is -0.149. The Kier molecular flexibility index (Phi) is 4.58. The van der Waals surface area contributed by atoms with Gasteiger partial charge in [0.05, 0.1) is 6.54 Å². The van der Waals surface area contributed by atoms with Crippen molar-refractivity contribution in [2.75, 3.05) is 6.61 Å². The van der Waals surface area contributed by atoms with Crippen LogP contribution in [0.5, 0.6) is 0 Å². The monoisotopic (exact) mass is 265 g/mol. The van der Waals surface area contributed by atoms with Crippen LogP contribution < -0.4 is 0 Å². The Bertz CT molecular complexity index is 422. The summed E-state index contributed by atoms with van der Waals surface area (Å²) >= 11 is 0. The third kappa shape index (κ3) is 3.35. The number of ether oxygens (including phenoxy) is 1. The van der Waals surface area contributed by atoms with Crippen molar-refractivity contribution in [2.24, 2.45) is 7.05 Å². The second-order valence-corrected chi connectivity index (χ2v) is 5.37. The average Bonchev–Trinajstić information content (AvgIpc) is 2.81. The van der Waals surface area contributed by atoms with Gasteiger partial charge >= 0.3 is 0 Å². The minimum Gasteiger partial charge on any atom is -0.368 e. The summed E-state index contributed by atoms with van der Waals surface area (Å²) in [7, 11) is 1.95. The quantitative estimate of drug-likeness (QED) is 0.833. The summed E-state index contributed by atoms with van der Waals surface area (Å²) in [4.78, 5) is 18.7. The summed E-state index contributed by atoms with van der Waals surface area (Å²) in [6, 6.07) is 0.148. The highest BCUT2D eigenvalue weighted by molar-refractivity contribution is 5.81. The fourth-order valence-electron chi connectivity index (χ4n) is 2.34. The van der Waals surface area contributed by atoms with E-state index in [9.17, 15) is 4.79 Å². The maximum absolute atomic E-state index is 12.5. The number of amides is 1. The van der Waals surface area contributed by atoms with Gasteiger partial charge in [0, 0.05) is 32.1 Å². The lowest BCUT2D eigenvalue weighted by atomic mass is 10.1. The van der Waals surface area contributed by atoms with E-state index >= 15 is 0 Å². The van der Waals surface area contributed by atoms with E-state index in [1.807, 2.05) is 36.6 Å². The van der Waals surface area contributed by atoms with E-state index < -0.39 is 0 Å². The molecule has 1 saturated heterocycles. The Hall–Kier alpha value is -1.36. The van der Waals surface area contributed by atoms with Crippen LogP contribution in [0.2, 0.25) is 0 Å². The lowest BCUT2D eigenvalue weighted by Crippen LogP contribution is -2.45. The Morgan fingerprint density at radius 3 is 2.89 bits per heavy atom. The van der Waals surface area contributed by atoms with Crippen molar-refractivity contribution in [3.05, 3.63) is 18.2 Å². The molecule has 0 N–H and O–H groups in total. The molecule has 1 amide bonds. The van der Waals surface area contributed by atoms with Crippen LogP contribution in [0, 0.1) is 0 Å². The number of carbonyl (C=O) groups excluding carboxylic acids is 1. The topological polar surface area (TPSA) is 47.4 Å². The molecule has 106 valence electrons. The molecular weight excluding hydrogens is 242 g/mol. The minimum atomic E-state index is -0.267. The molecule has 0 bridgehead atoms. The lowest BCUT2D eigenvalue weighted by Gasteiger charge is -2.32. The molecular formula is C14H23N3O2. The van der Waals surface area contributed by atoms with Gasteiger partial charge in [-0.1, -0.05) is 0 Å². The van der Waals surface area contributed by atoms with Gasteiger partial charge in [0.1, 0.15) is 11.9 Å². The maximum atomic E-state index is 12.5. The summed E-state index contributed by atoms with van der Waals surface area (Å²) in [6.45, 7) is 5.30. The number of aryl methyl sites for hydroxylation is 1. The van der Waals surface area contributed by atoms with Crippen LogP contribution in [0.3, 0.4) is 0 Å². The Morgan fingerprint density at radius 1 is 1.58 bits per heavy atom. The summed E-state index contributed by atoms with van der Waals surface area (Å²) in [5.41, 5.74) is 0. The number of hydrogen-bond donors (Lipinski definition) is 0. The molecule has 1 aliphatic heterocycles. The summed E-state index contributed by atoms with van der Waals surface area (Å²) in [5.74, 6) is 0.996. The second kappa shape index (κ2) is 6.19. The SMILES string of the molecule is CC(C)N(Cc1nccn1C)C(=O)C1CCCCO1. The predicted molar refractivity (Wildman–Crippen MR) is 72.5 cm³/mol. The van der Waals surface area contributed by atoms with E-state index in [1.165, 1.54) is 0 Å². The highest BCUT2D eigenvalue weighted by Crippen LogP contribution is 2.17. The van der Waals surface area contributed by atoms with E-state index in [0.29, 0.717) is 13.2 Å². The van der Waals surface area contributed by atoms with Crippen LogP contribution in [0.4, 0.5) is 0 Å². The molecule has 2 heterocycles. The highest BCUT2D eigenvalue weighted by Gasteiger charge is 2.29. The van der Waals surface area contributed by atoms with Crippen LogP contribution in [-0.2, 0) is 23.1 Å². The van der Waals surface area contributed by atoms with Crippen LogP contribution in [0.15, 0.2) is 12.4 Å². The van der Waals surface area contributed by atoms with Crippen molar-refractivity contribution in [1.82, 2.24) is 14.5 Å². The van der Waals surface area contributed by atoms with Gasteiger partial charge in [-0.05, 0) is 33.1 Å². The Balaban J connectivity index is 2.06. The predicted octanol–water partition coefficient (Wildman–Crippen LogP) is 1.73. The van der Waals surface area contributed by atoms with Crippen molar-refractivity contribution in [2.45, 2.75) is 51.8 Å². The van der Waals surface area contributed by atoms with Gasteiger partial charge in [0.2, 0.25) is 0 Å². The average molecular weight is 265 g/mol. The van der Waals surface area contributed by atoms with Gasteiger partial charge in [-0.2, -0.15) is 0 Å². The third-order valence-corrected chi connectivity index (χ3v) is 3.59. The summed E-state index contributed by atoms with van der Waals surface area (Å²) in [6.07, 6.45) is 6.36. The molecule has 1 unspecified atom stereocenters. The van der Waals surface area contributed by atoms with E-state index in [4.69, 9.17) is 4.74 Å². The molecule has 1 fully saturated rings. The van der Waals surface area contributed by atoms with Crippen molar-refractivity contribution < 1.29 is 9.53 Å². The number of aromatic nitrogens is 2.